The van der Waals surface area contributed by atoms with Crippen LogP contribution in [0.15, 0.2) is 46.9 Å². The third kappa shape index (κ3) is 3.56. The maximum atomic E-state index is 12.2. The highest BCUT2D eigenvalue weighted by Crippen LogP contribution is 2.20. The fourth-order valence-corrected chi connectivity index (χ4v) is 2.72. The number of carbonyl (C=O) groups excluding carboxylic acids is 1. The number of carbonyl (C=O) groups is 1. The molecule has 4 heteroatoms. The molecule has 2 rings (SSSR count). The van der Waals surface area contributed by atoms with E-state index in [-0.39, 0.29) is 5.78 Å². The van der Waals surface area contributed by atoms with Gasteiger partial charge in [-0.2, -0.15) is 0 Å². The van der Waals surface area contributed by atoms with Crippen molar-refractivity contribution >= 4 is 55.9 Å². The Labute approximate surface area is 133 Å². The molecular weight excluding hydrogens is 426 g/mol. The molecular formula is C14H9BrClIO. The van der Waals surface area contributed by atoms with Crippen LogP contribution in [-0.4, -0.2) is 5.78 Å². The van der Waals surface area contributed by atoms with Gasteiger partial charge in [-0.15, -0.1) is 0 Å². The van der Waals surface area contributed by atoms with E-state index in [1.165, 1.54) is 0 Å². The molecule has 0 aliphatic rings. The molecule has 0 saturated carbocycles. The first kappa shape index (κ1) is 14.0. The van der Waals surface area contributed by atoms with Crippen LogP contribution in [-0.2, 0) is 6.42 Å². The Bertz CT molecular complexity index is 581. The average Bonchev–Trinajstić information content (AvgIpc) is 2.35. The summed E-state index contributed by atoms with van der Waals surface area (Å²) in [6.07, 6.45) is 0.392. The molecule has 0 amide bonds. The molecule has 0 radical (unpaired) electrons. The van der Waals surface area contributed by atoms with E-state index in [0.717, 1.165) is 19.2 Å². The molecule has 2 aromatic carbocycles. The number of benzene rings is 2. The highest BCUT2D eigenvalue weighted by molar-refractivity contribution is 14.1. The predicted molar refractivity (Wildman–Crippen MR) is 86.3 cm³/mol. The Morgan fingerprint density at radius 3 is 2.50 bits per heavy atom. The summed E-state index contributed by atoms with van der Waals surface area (Å²) in [5.41, 5.74) is 1.72. The molecule has 0 N–H and O–H groups in total. The lowest BCUT2D eigenvalue weighted by Crippen LogP contribution is -2.05. The normalized spacial score (nSPS) is 10.4. The van der Waals surface area contributed by atoms with E-state index in [0.29, 0.717) is 11.4 Å². The van der Waals surface area contributed by atoms with E-state index in [4.69, 9.17) is 11.6 Å². The smallest absolute Gasteiger partial charge is 0.168 e. The lowest BCUT2D eigenvalue weighted by Gasteiger charge is -2.05. The Morgan fingerprint density at radius 2 is 1.83 bits per heavy atom. The Kier molecular flexibility index (Phi) is 4.81. The van der Waals surface area contributed by atoms with Gasteiger partial charge in [0.1, 0.15) is 0 Å². The summed E-state index contributed by atoms with van der Waals surface area (Å²) in [5.74, 6) is 0.114. The molecule has 0 atom stereocenters. The van der Waals surface area contributed by atoms with E-state index in [9.17, 15) is 4.79 Å². The number of rotatable bonds is 3. The number of Topliss-reactive ketones (excluding diaryl/α,β-unsaturated/α-hetero) is 1. The first-order valence-electron chi connectivity index (χ1n) is 5.29. The van der Waals surface area contributed by atoms with Gasteiger partial charge in [-0.05, 0) is 58.5 Å². The van der Waals surface area contributed by atoms with Crippen LogP contribution in [0.1, 0.15) is 15.9 Å². The van der Waals surface area contributed by atoms with Gasteiger partial charge in [0, 0.05) is 25.0 Å². The second-order valence-electron chi connectivity index (χ2n) is 3.85. The van der Waals surface area contributed by atoms with E-state index in [1.807, 2.05) is 30.3 Å². The molecule has 0 aromatic heterocycles. The van der Waals surface area contributed by atoms with Crippen molar-refractivity contribution in [2.24, 2.45) is 0 Å². The van der Waals surface area contributed by atoms with Crippen molar-refractivity contribution in [3.63, 3.8) is 0 Å². The molecule has 0 aliphatic heterocycles. The zero-order chi connectivity index (χ0) is 13.1. The lowest BCUT2D eigenvalue weighted by molar-refractivity contribution is 0.0992. The summed E-state index contributed by atoms with van der Waals surface area (Å²) in [4.78, 5) is 12.2. The van der Waals surface area contributed by atoms with E-state index >= 15 is 0 Å². The van der Waals surface area contributed by atoms with Gasteiger partial charge in [-0.3, -0.25) is 4.79 Å². The maximum absolute atomic E-state index is 12.2. The quantitative estimate of drug-likeness (QED) is 0.482. The second kappa shape index (κ2) is 6.17. The van der Waals surface area contributed by atoms with Crippen molar-refractivity contribution in [3.05, 3.63) is 66.7 Å². The standard InChI is InChI=1S/C14H9BrClIO/c15-10-3-6-13(17)12(8-10)14(18)7-9-1-4-11(16)5-2-9/h1-6,8H,7H2. The molecule has 0 spiro atoms. The van der Waals surface area contributed by atoms with Gasteiger partial charge < -0.3 is 0 Å². The van der Waals surface area contributed by atoms with Crippen molar-refractivity contribution < 1.29 is 4.79 Å². The number of hydrogen-bond acceptors (Lipinski definition) is 1. The molecule has 0 fully saturated rings. The molecule has 1 nitrogen and oxygen atoms in total. The topological polar surface area (TPSA) is 17.1 Å². The summed E-state index contributed by atoms with van der Waals surface area (Å²) < 4.78 is 1.89. The van der Waals surface area contributed by atoms with Gasteiger partial charge in [-0.25, -0.2) is 0 Å². The molecule has 0 bridgehead atoms. The molecule has 0 heterocycles. The van der Waals surface area contributed by atoms with E-state index in [2.05, 4.69) is 38.5 Å². The molecule has 0 aliphatic carbocycles. The van der Waals surface area contributed by atoms with Crippen LogP contribution < -0.4 is 0 Å². The minimum atomic E-state index is 0.114. The zero-order valence-electron chi connectivity index (χ0n) is 9.29. The van der Waals surface area contributed by atoms with Gasteiger partial charge >= 0.3 is 0 Å². The van der Waals surface area contributed by atoms with Crippen molar-refractivity contribution in [1.82, 2.24) is 0 Å². The minimum absolute atomic E-state index is 0.114. The summed E-state index contributed by atoms with van der Waals surface area (Å²) in [6.45, 7) is 0. The highest BCUT2D eigenvalue weighted by atomic mass is 127. The fraction of sp³-hybridized carbons (Fsp3) is 0.0714. The monoisotopic (exact) mass is 434 g/mol. The van der Waals surface area contributed by atoms with Crippen molar-refractivity contribution in [2.75, 3.05) is 0 Å². The van der Waals surface area contributed by atoms with Crippen LogP contribution in [0.5, 0.6) is 0 Å². The number of halogens is 3. The molecule has 18 heavy (non-hydrogen) atoms. The lowest BCUT2D eigenvalue weighted by atomic mass is 10.0. The highest BCUT2D eigenvalue weighted by Gasteiger charge is 2.11. The first-order chi connectivity index (χ1) is 8.56. The Balaban J connectivity index is 2.21. The Morgan fingerprint density at radius 1 is 1.17 bits per heavy atom. The van der Waals surface area contributed by atoms with Crippen LogP contribution in [0.2, 0.25) is 5.02 Å². The summed E-state index contributed by atoms with van der Waals surface area (Å²) in [7, 11) is 0. The minimum Gasteiger partial charge on any atom is -0.294 e. The number of hydrogen-bond donors (Lipinski definition) is 0. The Hall–Kier alpha value is -0.390. The van der Waals surface area contributed by atoms with Gasteiger partial charge in [0.25, 0.3) is 0 Å². The van der Waals surface area contributed by atoms with Crippen LogP contribution >= 0.6 is 50.1 Å². The summed E-state index contributed by atoms with van der Waals surface area (Å²) in [5, 5.41) is 0.684. The molecule has 0 unspecified atom stereocenters. The van der Waals surface area contributed by atoms with E-state index < -0.39 is 0 Å². The maximum Gasteiger partial charge on any atom is 0.168 e. The largest absolute Gasteiger partial charge is 0.294 e. The summed E-state index contributed by atoms with van der Waals surface area (Å²) in [6, 6.07) is 13.1. The average molecular weight is 435 g/mol. The van der Waals surface area contributed by atoms with Crippen LogP contribution in [0.3, 0.4) is 0 Å². The second-order valence-corrected chi connectivity index (χ2v) is 6.36. The molecule has 92 valence electrons. The summed E-state index contributed by atoms with van der Waals surface area (Å²) >= 11 is 11.4. The van der Waals surface area contributed by atoms with Crippen LogP contribution in [0.25, 0.3) is 0 Å². The SMILES string of the molecule is O=C(Cc1ccc(Cl)cc1)c1cc(Br)ccc1I. The van der Waals surface area contributed by atoms with Crippen LogP contribution in [0, 0.1) is 3.57 Å². The van der Waals surface area contributed by atoms with Gasteiger partial charge in [0.05, 0.1) is 0 Å². The molecule has 2 aromatic rings. The van der Waals surface area contributed by atoms with Gasteiger partial charge in [-0.1, -0.05) is 39.7 Å². The third-order valence-corrected chi connectivity index (χ3v) is 4.19. The predicted octanol–water partition coefficient (Wildman–Crippen LogP) is 5.13. The van der Waals surface area contributed by atoms with Crippen molar-refractivity contribution in [1.29, 1.82) is 0 Å². The number of ketones is 1. The fourth-order valence-electron chi connectivity index (χ4n) is 1.59. The molecule has 0 saturated heterocycles. The van der Waals surface area contributed by atoms with Gasteiger partial charge in [0.15, 0.2) is 5.78 Å². The van der Waals surface area contributed by atoms with Crippen LogP contribution in [0.4, 0.5) is 0 Å². The van der Waals surface area contributed by atoms with Crippen molar-refractivity contribution in [3.8, 4) is 0 Å². The van der Waals surface area contributed by atoms with E-state index in [1.54, 1.807) is 12.1 Å². The third-order valence-electron chi connectivity index (χ3n) is 2.51. The first-order valence-corrected chi connectivity index (χ1v) is 7.54. The van der Waals surface area contributed by atoms with Gasteiger partial charge in [0.2, 0.25) is 0 Å². The van der Waals surface area contributed by atoms with Crippen molar-refractivity contribution in [2.45, 2.75) is 6.42 Å². The zero-order valence-corrected chi connectivity index (χ0v) is 13.8.